The quantitative estimate of drug-likeness (QED) is 0.460. The minimum atomic E-state index is -4.59. The summed E-state index contributed by atoms with van der Waals surface area (Å²) >= 11 is 0. The molecule has 0 radical (unpaired) electrons. The summed E-state index contributed by atoms with van der Waals surface area (Å²) in [5.41, 5.74) is 1.29. The average Bonchev–Trinajstić information content (AvgIpc) is 3.13. The number of pyridine rings is 1. The monoisotopic (exact) mass is 455 g/mol. The molecule has 3 heterocycles. The minimum Gasteiger partial charge on any atom is -0.362 e. The van der Waals surface area contributed by atoms with Gasteiger partial charge in [-0.2, -0.15) is 18.3 Å². The zero-order valence-corrected chi connectivity index (χ0v) is 18.0. The molecule has 170 valence electrons. The first-order valence-corrected chi connectivity index (χ1v) is 9.98. The molecule has 8 nitrogen and oxygen atoms in total. The smallest absolute Gasteiger partial charge is 0.362 e. The molecule has 1 aromatic carbocycles. The van der Waals surface area contributed by atoms with Crippen LogP contribution in [0.15, 0.2) is 48.9 Å². The number of fused-ring (bicyclic) bond motifs is 1. The Morgan fingerprint density at radius 1 is 1.12 bits per heavy atom. The molecule has 4 aromatic rings. The fourth-order valence-corrected chi connectivity index (χ4v) is 3.32. The van der Waals surface area contributed by atoms with Gasteiger partial charge in [0, 0.05) is 24.6 Å². The molecule has 1 amide bonds. The number of alkyl halides is 3. The van der Waals surface area contributed by atoms with E-state index in [0.717, 1.165) is 17.8 Å². The maximum atomic E-state index is 13.1. The van der Waals surface area contributed by atoms with Crippen molar-refractivity contribution in [1.82, 2.24) is 24.7 Å². The first kappa shape index (κ1) is 22.2. The summed E-state index contributed by atoms with van der Waals surface area (Å²) in [5, 5.41) is 10.00. The van der Waals surface area contributed by atoms with Gasteiger partial charge in [0.25, 0.3) is 5.91 Å². The van der Waals surface area contributed by atoms with Crippen LogP contribution in [0.2, 0.25) is 0 Å². The number of anilines is 2. The van der Waals surface area contributed by atoms with Crippen molar-refractivity contribution >= 4 is 28.6 Å². The van der Waals surface area contributed by atoms with Crippen LogP contribution in [-0.4, -0.2) is 30.6 Å². The van der Waals surface area contributed by atoms with Crippen molar-refractivity contribution in [3.63, 3.8) is 0 Å². The van der Waals surface area contributed by atoms with Crippen LogP contribution in [0.25, 0.3) is 11.2 Å². The first-order chi connectivity index (χ1) is 15.6. The van der Waals surface area contributed by atoms with Gasteiger partial charge in [0.1, 0.15) is 11.3 Å². The van der Waals surface area contributed by atoms with Crippen LogP contribution in [0, 0.1) is 6.92 Å². The van der Waals surface area contributed by atoms with Gasteiger partial charge in [0.15, 0.2) is 5.65 Å². The second-order valence-electron chi connectivity index (χ2n) is 7.53. The molecule has 2 N–H and O–H groups in total. The maximum Gasteiger partial charge on any atom is 0.418 e. The molecule has 0 saturated heterocycles. The molecular weight excluding hydrogens is 435 g/mol. The molecular formula is C22H20F3N7O. The number of benzene rings is 1. The van der Waals surface area contributed by atoms with Crippen molar-refractivity contribution in [2.45, 2.75) is 26.1 Å². The van der Waals surface area contributed by atoms with Gasteiger partial charge in [-0.3, -0.25) is 9.78 Å². The van der Waals surface area contributed by atoms with Gasteiger partial charge in [0.2, 0.25) is 0 Å². The number of hydrogen-bond acceptors (Lipinski definition) is 6. The third-order valence-electron chi connectivity index (χ3n) is 5.10. The number of carbonyl (C=O) groups is 1. The van der Waals surface area contributed by atoms with Crippen LogP contribution in [0.3, 0.4) is 0 Å². The Morgan fingerprint density at radius 2 is 1.91 bits per heavy atom. The Bertz CT molecular complexity index is 1330. The molecule has 11 heteroatoms. The lowest BCUT2D eigenvalue weighted by Gasteiger charge is -2.16. The molecule has 3 aromatic heterocycles. The largest absolute Gasteiger partial charge is 0.418 e. The van der Waals surface area contributed by atoms with Crippen LogP contribution in [0.5, 0.6) is 0 Å². The maximum absolute atomic E-state index is 13.1. The third kappa shape index (κ3) is 4.76. The molecule has 0 spiro atoms. The number of hydrogen-bond donors (Lipinski definition) is 2. The van der Waals surface area contributed by atoms with Crippen LogP contribution >= 0.6 is 0 Å². The van der Waals surface area contributed by atoms with Crippen molar-refractivity contribution in [3.8, 4) is 0 Å². The van der Waals surface area contributed by atoms with E-state index >= 15 is 0 Å². The Balaban J connectivity index is 1.50. The second kappa shape index (κ2) is 8.49. The molecule has 33 heavy (non-hydrogen) atoms. The van der Waals surface area contributed by atoms with Gasteiger partial charge < -0.3 is 10.6 Å². The highest BCUT2D eigenvalue weighted by Gasteiger charge is 2.33. The molecule has 0 fully saturated rings. The van der Waals surface area contributed by atoms with E-state index in [-0.39, 0.29) is 17.3 Å². The molecule has 0 saturated carbocycles. The summed E-state index contributed by atoms with van der Waals surface area (Å²) in [7, 11) is 1.78. The third-order valence-corrected chi connectivity index (χ3v) is 5.10. The van der Waals surface area contributed by atoms with Gasteiger partial charge in [-0.1, -0.05) is 12.1 Å². The van der Waals surface area contributed by atoms with E-state index in [0.29, 0.717) is 22.7 Å². The summed E-state index contributed by atoms with van der Waals surface area (Å²) < 4.78 is 41.0. The normalized spacial score (nSPS) is 12.5. The van der Waals surface area contributed by atoms with E-state index in [2.05, 4.69) is 30.7 Å². The molecule has 0 aliphatic carbocycles. The van der Waals surface area contributed by atoms with Crippen molar-refractivity contribution in [1.29, 1.82) is 0 Å². The topological polar surface area (TPSA) is 97.6 Å². The van der Waals surface area contributed by atoms with Gasteiger partial charge in [-0.05, 0) is 37.6 Å². The highest BCUT2D eigenvalue weighted by atomic mass is 19.4. The Morgan fingerprint density at radius 3 is 2.67 bits per heavy atom. The van der Waals surface area contributed by atoms with Crippen LogP contribution in [-0.2, 0) is 13.2 Å². The molecule has 0 unspecified atom stereocenters. The summed E-state index contributed by atoms with van der Waals surface area (Å²) in [4.78, 5) is 25.1. The standard InChI is InChI=1S/C22H20F3N7O/c1-12(29-19-11-27-18-10-28-32(3)20(18)31-19)14-5-4-6-16(7-14)30-21(33)15-8-17(22(23,24)25)13(2)26-9-15/h4-12H,1-3H3,(H,29,31)(H,30,33)/t12-/m0/s1. The van der Waals surface area contributed by atoms with Crippen LogP contribution in [0.1, 0.15) is 40.1 Å². The summed E-state index contributed by atoms with van der Waals surface area (Å²) in [6, 6.07) is 7.60. The van der Waals surface area contributed by atoms with Gasteiger partial charge in [-0.15, -0.1) is 0 Å². The number of nitrogens with zero attached hydrogens (tertiary/aromatic N) is 5. The summed E-state index contributed by atoms with van der Waals surface area (Å²) in [6.07, 6.45) is -0.228. The molecule has 0 aliphatic rings. The van der Waals surface area contributed by atoms with Crippen molar-refractivity contribution in [2.24, 2.45) is 7.05 Å². The van der Waals surface area contributed by atoms with E-state index in [9.17, 15) is 18.0 Å². The van der Waals surface area contributed by atoms with Crippen LogP contribution < -0.4 is 10.6 Å². The van der Waals surface area contributed by atoms with E-state index < -0.39 is 17.6 Å². The number of rotatable bonds is 5. The van der Waals surface area contributed by atoms with Gasteiger partial charge in [0.05, 0.1) is 29.6 Å². The zero-order chi connectivity index (χ0) is 23.8. The van der Waals surface area contributed by atoms with E-state index in [4.69, 9.17) is 0 Å². The fraction of sp³-hybridized carbons (Fsp3) is 0.227. The van der Waals surface area contributed by atoms with E-state index in [1.165, 1.54) is 6.92 Å². The number of amides is 1. The number of halogens is 3. The van der Waals surface area contributed by atoms with Crippen molar-refractivity contribution < 1.29 is 18.0 Å². The predicted octanol–water partition coefficient (Wildman–Crippen LogP) is 4.51. The Kier molecular flexibility index (Phi) is 5.71. The van der Waals surface area contributed by atoms with Gasteiger partial charge >= 0.3 is 6.18 Å². The summed E-state index contributed by atoms with van der Waals surface area (Å²) in [5.74, 6) is -0.128. The number of aromatic nitrogens is 5. The highest BCUT2D eigenvalue weighted by molar-refractivity contribution is 6.04. The average molecular weight is 455 g/mol. The van der Waals surface area contributed by atoms with Crippen LogP contribution in [0.4, 0.5) is 24.7 Å². The number of nitrogens with one attached hydrogen (secondary N) is 2. The first-order valence-electron chi connectivity index (χ1n) is 9.98. The van der Waals surface area contributed by atoms with E-state index in [1.807, 2.05) is 13.0 Å². The zero-order valence-electron chi connectivity index (χ0n) is 18.0. The highest BCUT2D eigenvalue weighted by Crippen LogP contribution is 2.31. The molecule has 0 bridgehead atoms. The Labute approximate surface area is 186 Å². The molecule has 1 atom stereocenters. The van der Waals surface area contributed by atoms with Gasteiger partial charge in [-0.25, -0.2) is 14.6 Å². The number of carbonyl (C=O) groups excluding carboxylic acids is 1. The Hall–Kier alpha value is -4.02. The predicted molar refractivity (Wildman–Crippen MR) is 117 cm³/mol. The second-order valence-corrected chi connectivity index (χ2v) is 7.53. The van der Waals surface area contributed by atoms with E-state index in [1.54, 1.807) is 42.3 Å². The lowest BCUT2D eigenvalue weighted by atomic mass is 10.1. The lowest BCUT2D eigenvalue weighted by Crippen LogP contribution is -2.16. The van der Waals surface area contributed by atoms with Crippen molar-refractivity contribution in [3.05, 3.63) is 71.3 Å². The molecule has 0 aliphatic heterocycles. The molecule has 4 rings (SSSR count). The SMILES string of the molecule is Cc1ncc(C(=O)Nc2cccc([C@H](C)Nc3cnc4cnn(C)c4n3)c2)cc1C(F)(F)F. The summed E-state index contributed by atoms with van der Waals surface area (Å²) in [6.45, 7) is 3.16. The number of aryl methyl sites for hydroxylation is 2. The minimum absolute atomic E-state index is 0.177. The fourth-order valence-electron chi connectivity index (χ4n) is 3.32. The van der Waals surface area contributed by atoms with Crippen molar-refractivity contribution in [2.75, 3.05) is 10.6 Å². The lowest BCUT2D eigenvalue weighted by molar-refractivity contribution is -0.138.